The van der Waals surface area contributed by atoms with Gasteiger partial charge in [0, 0.05) is 25.2 Å². The predicted octanol–water partition coefficient (Wildman–Crippen LogP) is 2.64. The molecule has 116 valence electrons. The number of rotatable bonds is 5. The average molecular weight is 297 g/mol. The van der Waals surface area contributed by atoms with Gasteiger partial charge in [-0.05, 0) is 19.4 Å². The summed E-state index contributed by atoms with van der Waals surface area (Å²) < 4.78 is 18.5. The lowest BCUT2D eigenvalue weighted by Crippen LogP contribution is -2.38. The highest BCUT2D eigenvalue weighted by atomic mass is 19.1. The minimum absolute atomic E-state index is 0.00842. The van der Waals surface area contributed by atoms with Crippen LogP contribution in [0.4, 0.5) is 15.8 Å². The molecule has 0 aromatic heterocycles. The monoisotopic (exact) mass is 297 g/mol. The Morgan fingerprint density at radius 1 is 1.48 bits per heavy atom. The molecule has 1 aromatic carbocycles. The lowest BCUT2D eigenvalue weighted by atomic mass is 10.0. The van der Waals surface area contributed by atoms with E-state index in [1.54, 1.807) is 0 Å². The summed E-state index contributed by atoms with van der Waals surface area (Å²) in [6, 6.07) is 2.42. The molecule has 21 heavy (non-hydrogen) atoms. The van der Waals surface area contributed by atoms with Crippen molar-refractivity contribution in [1.29, 1.82) is 0 Å². The van der Waals surface area contributed by atoms with Crippen molar-refractivity contribution in [1.82, 2.24) is 4.90 Å². The molecule has 6 nitrogen and oxygen atoms in total. The van der Waals surface area contributed by atoms with E-state index in [0.29, 0.717) is 5.69 Å². The maximum Gasteiger partial charge on any atom is 0.295 e. The number of nitrogens with zero attached hydrogens (tertiary/aromatic N) is 2. The molecule has 1 aromatic rings. The van der Waals surface area contributed by atoms with Crippen LogP contribution in [0.25, 0.3) is 0 Å². The van der Waals surface area contributed by atoms with Crippen molar-refractivity contribution in [3.63, 3.8) is 0 Å². The van der Waals surface area contributed by atoms with E-state index in [4.69, 9.17) is 4.74 Å². The summed E-state index contributed by atoms with van der Waals surface area (Å²) in [5.74, 6) is -0.718. The van der Waals surface area contributed by atoms with Crippen LogP contribution in [0.15, 0.2) is 12.1 Å². The SMILES string of the molecule is CCN1CCC(Nc2cc(OC)c(F)cc2[N+](=O)[O-])CC1. The highest BCUT2D eigenvalue weighted by Gasteiger charge is 2.23. The van der Waals surface area contributed by atoms with Crippen molar-refractivity contribution in [3.8, 4) is 5.75 Å². The van der Waals surface area contributed by atoms with Gasteiger partial charge in [-0.1, -0.05) is 6.92 Å². The van der Waals surface area contributed by atoms with Crippen LogP contribution in [0.5, 0.6) is 5.75 Å². The molecule has 0 unspecified atom stereocenters. The minimum atomic E-state index is -0.726. The standard InChI is InChI=1S/C14H20FN3O3/c1-3-17-6-4-10(5-7-17)16-12-9-14(21-2)11(15)8-13(12)18(19)20/h8-10,16H,3-7H2,1-2H3. The first-order valence-corrected chi connectivity index (χ1v) is 7.06. The number of ether oxygens (including phenoxy) is 1. The van der Waals surface area contributed by atoms with Crippen LogP contribution in [-0.4, -0.2) is 42.6 Å². The second kappa shape index (κ2) is 6.71. The van der Waals surface area contributed by atoms with Gasteiger partial charge in [-0.2, -0.15) is 0 Å². The van der Waals surface area contributed by atoms with Crippen molar-refractivity contribution in [3.05, 3.63) is 28.1 Å². The number of benzene rings is 1. The number of hydrogen-bond donors (Lipinski definition) is 1. The molecule has 0 spiro atoms. The zero-order valence-electron chi connectivity index (χ0n) is 12.3. The van der Waals surface area contributed by atoms with Crippen LogP contribution >= 0.6 is 0 Å². The molecule has 0 amide bonds. The van der Waals surface area contributed by atoms with Crippen LogP contribution in [-0.2, 0) is 0 Å². The van der Waals surface area contributed by atoms with E-state index in [0.717, 1.165) is 38.5 Å². The van der Waals surface area contributed by atoms with E-state index >= 15 is 0 Å². The quantitative estimate of drug-likeness (QED) is 0.668. The highest BCUT2D eigenvalue weighted by molar-refractivity contribution is 5.65. The van der Waals surface area contributed by atoms with Crippen LogP contribution in [0.3, 0.4) is 0 Å². The summed E-state index contributed by atoms with van der Waals surface area (Å²) in [6.07, 6.45) is 1.81. The van der Waals surface area contributed by atoms with Gasteiger partial charge in [0.05, 0.1) is 18.1 Å². The molecule has 0 aliphatic carbocycles. The van der Waals surface area contributed by atoms with E-state index < -0.39 is 10.7 Å². The lowest BCUT2D eigenvalue weighted by Gasteiger charge is -2.31. The summed E-state index contributed by atoms with van der Waals surface area (Å²) >= 11 is 0. The third kappa shape index (κ3) is 3.60. The van der Waals surface area contributed by atoms with Gasteiger partial charge in [0.1, 0.15) is 5.69 Å². The first-order chi connectivity index (χ1) is 10.0. The van der Waals surface area contributed by atoms with Gasteiger partial charge >= 0.3 is 0 Å². The maximum absolute atomic E-state index is 13.6. The molecule has 1 fully saturated rings. The number of nitrogens with one attached hydrogen (secondary N) is 1. The number of piperidine rings is 1. The third-order valence-corrected chi connectivity index (χ3v) is 3.86. The van der Waals surface area contributed by atoms with Crippen molar-refractivity contribution < 1.29 is 14.1 Å². The van der Waals surface area contributed by atoms with E-state index in [-0.39, 0.29) is 17.5 Å². The number of nitro benzene ring substituents is 1. The van der Waals surface area contributed by atoms with Crippen LogP contribution < -0.4 is 10.1 Å². The van der Waals surface area contributed by atoms with Gasteiger partial charge in [0.2, 0.25) is 0 Å². The molecule has 1 aliphatic rings. The molecular weight excluding hydrogens is 277 g/mol. The third-order valence-electron chi connectivity index (χ3n) is 3.86. The van der Waals surface area contributed by atoms with Gasteiger partial charge in [0.15, 0.2) is 11.6 Å². The summed E-state index contributed by atoms with van der Waals surface area (Å²) in [5.41, 5.74) is 0.0550. The molecule has 0 atom stereocenters. The van der Waals surface area contributed by atoms with Crippen molar-refractivity contribution >= 4 is 11.4 Å². The molecule has 7 heteroatoms. The molecule has 1 N–H and O–H groups in total. The van der Waals surface area contributed by atoms with Crippen molar-refractivity contribution in [2.75, 3.05) is 32.1 Å². The Bertz CT molecular complexity index is 516. The Balaban J connectivity index is 2.16. The Hall–Kier alpha value is -1.89. The number of nitro groups is 1. The molecule has 1 saturated heterocycles. The first-order valence-electron chi connectivity index (χ1n) is 7.06. The van der Waals surface area contributed by atoms with E-state index in [2.05, 4.69) is 17.1 Å². The lowest BCUT2D eigenvalue weighted by molar-refractivity contribution is -0.384. The van der Waals surface area contributed by atoms with Crippen LogP contribution in [0, 0.1) is 15.9 Å². The largest absolute Gasteiger partial charge is 0.494 e. The molecule has 0 saturated carbocycles. The topological polar surface area (TPSA) is 67.6 Å². The van der Waals surface area contributed by atoms with Gasteiger partial charge in [-0.15, -0.1) is 0 Å². The maximum atomic E-state index is 13.6. The molecule has 0 bridgehead atoms. The fourth-order valence-corrected chi connectivity index (χ4v) is 2.58. The summed E-state index contributed by atoms with van der Waals surface area (Å²) in [5, 5.41) is 14.2. The van der Waals surface area contributed by atoms with Crippen LogP contribution in [0.1, 0.15) is 19.8 Å². The van der Waals surface area contributed by atoms with Gasteiger partial charge in [-0.3, -0.25) is 10.1 Å². The summed E-state index contributed by atoms with van der Waals surface area (Å²) in [4.78, 5) is 12.8. The number of likely N-dealkylation sites (tertiary alicyclic amines) is 1. The molecule has 0 radical (unpaired) electrons. The van der Waals surface area contributed by atoms with Crippen LogP contribution in [0.2, 0.25) is 0 Å². The van der Waals surface area contributed by atoms with Gasteiger partial charge in [-0.25, -0.2) is 4.39 Å². The van der Waals surface area contributed by atoms with Gasteiger partial charge in [0.25, 0.3) is 5.69 Å². The Labute approximate surface area is 123 Å². The predicted molar refractivity (Wildman–Crippen MR) is 78.4 cm³/mol. The average Bonchev–Trinajstić information content (AvgIpc) is 2.49. The summed E-state index contributed by atoms with van der Waals surface area (Å²) in [7, 11) is 1.34. The van der Waals surface area contributed by atoms with Gasteiger partial charge < -0.3 is 15.0 Å². The Morgan fingerprint density at radius 3 is 2.67 bits per heavy atom. The number of anilines is 1. The zero-order chi connectivity index (χ0) is 15.4. The Kier molecular flexibility index (Phi) is 4.95. The molecule has 1 heterocycles. The van der Waals surface area contributed by atoms with E-state index in [9.17, 15) is 14.5 Å². The Morgan fingerprint density at radius 2 is 2.14 bits per heavy atom. The number of halogens is 1. The van der Waals surface area contributed by atoms with Crippen molar-refractivity contribution in [2.24, 2.45) is 0 Å². The fraction of sp³-hybridized carbons (Fsp3) is 0.571. The highest BCUT2D eigenvalue weighted by Crippen LogP contribution is 2.33. The van der Waals surface area contributed by atoms with Crippen molar-refractivity contribution in [2.45, 2.75) is 25.8 Å². The summed E-state index contributed by atoms with van der Waals surface area (Å²) in [6.45, 7) is 5.04. The minimum Gasteiger partial charge on any atom is -0.494 e. The molecular formula is C14H20FN3O3. The normalized spacial score (nSPS) is 16.7. The molecule has 1 aliphatic heterocycles. The van der Waals surface area contributed by atoms with E-state index in [1.807, 2.05) is 0 Å². The first kappa shape index (κ1) is 15.5. The number of hydrogen-bond acceptors (Lipinski definition) is 5. The molecule has 2 rings (SSSR count). The second-order valence-electron chi connectivity index (χ2n) is 5.11. The second-order valence-corrected chi connectivity index (χ2v) is 5.11. The van der Waals surface area contributed by atoms with E-state index in [1.165, 1.54) is 13.2 Å². The number of methoxy groups -OCH3 is 1. The zero-order valence-corrected chi connectivity index (χ0v) is 12.3. The smallest absolute Gasteiger partial charge is 0.295 e. The fourth-order valence-electron chi connectivity index (χ4n) is 2.58.